The third kappa shape index (κ3) is 10.2. The first-order valence-corrected chi connectivity index (χ1v) is 27.8. The Hall–Kier alpha value is -6.06. The maximum absolute atomic E-state index is 15.3. The molecule has 6 bridgehead atoms. The highest BCUT2D eigenvalue weighted by atomic mass is 19.3. The van der Waals surface area contributed by atoms with Crippen molar-refractivity contribution in [1.29, 1.82) is 0 Å². The summed E-state index contributed by atoms with van der Waals surface area (Å²) in [5.41, 5.74) is 7.88. The summed E-state index contributed by atoms with van der Waals surface area (Å²) in [5.74, 6) is 2.76. The fourth-order valence-electron chi connectivity index (χ4n) is 13.6. The van der Waals surface area contributed by atoms with E-state index in [1.165, 1.54) is 17.1 Å². The number of carbonyl (C=O) groups is 5. The van der Waals surface area contributed by atoms with Crippen molar-refractivity contribution in [3.05, 3.63) is 77.1 Å². The number of rotatable bonds is 9. The van der Waals surface area contributed by atoms with Crippen molar-refractivity contribution >= 4 is 40.5 Å². The molecule has 6 atom stereocenters. The number of cyclic esters (lactones) is 1. The van der Waals surface area contributed by atoms with E-state index in [1.54, 1.807) is 32.3 Å². The number of quaternary nitrogens is 1. The summed E-state index contributed by atoms with van der Waals surface area (Å²) in [6.45, 7) is 13.4. The zero-order chi connectivity index (χ0) is 54.7. The van der Waals surface area contributed by atoms with E-state index in [1.807, 2.05) is 64.1 Å². The summed E-state index contributed by atoms with van der Waals surface area (Å²) in [6.07, 6.45) is 3.67. The number of hydrogen-bond donors (Lipinski definition) is 2. The van der Waals surface area contributed by atoms with Crippen molar-refractivity contribution < 1.29 is 46.7 Å². The molecule has 6 heterocycles. The lowest BCUT2D eigenvalue weighted by Crippen LogP contribution is -2.66. The van der Waals surface area contributed by atoms with E-state index >= 15 is 18.4 Å². The Bertz CT molecular complexity index is 3040. The number of alkyl halides is 2. The van der Waals surface area contributed by atoms with Crippen LogP contribution in [0, 0.1) is 29.1 Å². The SMILES string of the molecule is CCn1c2c3c4cc(ccc41)-c1cc(cc(C(F)F)c1)C[C@H](NC(=O)[C@H](C1CCCC1)[N+](C)(C)C(=O)[C@H]1CCN(C(=O)C#CC(C)(C)N4CCC4)C1)C(=O)N1CCC[C@H](N1)C(=O)OCC(C)(C)C3[C@H](OC)c1ncccc1-2. The van der Waals surface area contributed by atoms with Gasteiger partial charge in [-0.2, -0.15) is 0 Å². The van der Waals surface area contributed by atoms with Gasteiger partial charge in [0.15, 0.2) is 6.04 Å². The predicted octanol–water partition coefficient (Wildman–Crippen LogP) is 7.72. The lowest BCUT2D eigenvalue weighted by Gasteiger charge is -2.42. The number of likely N-dealkylation sites (N-methyl/N-ethyl adjacent to an activating group) is 1. The van der Waals surface area contributed by atoms with E-state index in [0.717, 1.165) is 65.8 Å². The van der Waals surface area contributed by atoms with Crippen molar-refractivity contribution in [3.63, 3.8) is 0 Å². The number of carbonyl (C=O) groups excluding carboxylic acids is 5. The average Bonchev–Trinajstić information content (AvgIpc) is 4.29. The van der Waals surface area contributed by atoms with Crippen molar-refractivity contribution in [2.45, 2.75) is 141 Å². The number of ether oxygens (including phenoxy) is 2. The summed E-state index contributed by atoms with van der Waals surface area (Å²) in [4.78, 5) is 81.9. The summed E-state index contributed by atoms with van der Waals surface area (Å²) in [5, 5.41) is 5.35. The number of pyridine rings is 1. The molecule has 6 aliphatic rings. The molecule has 4 aliphatic heterocycles. The van der Waals surface area contributed by atoms with Crippen LogP contribution in [0.2, 0.25) is 0 Å². The first-order chi connectivity index (χ1) is 36.7. The molecule has 2 aromatic heterocycles. The van der Waals surface area contributed by atoms with Gasteiger partial charge in [0.25, 0.3) is 24.1 Å². The molecule has 410 valence electrons. The summed E-state index contributed by atoms with van der Waals surface area (Å²) < 4.78 is 45.0. The van der Waals surface area contributed by atoms with Crippen LogP contribution in [0.5, 0.6) is 0 Å². The standard InChI is InChI=1S/C60H74F2N8O7/c1-9-68-46-20-19-38-33-43(46)48-49(53(76-8)50-42(51(48)68)17-12-24-63-50)59(2,3)35-77-58(75)44-18-13-27-69(65-44)56(73)45(31-36-29-40(38)32-41(30-36)54(61)62)64-55(72)52(37-15-10-11-16-37)70(6,7)57(74)39-22-28-66(34-39)47(71)21-23-60(4,5)67-25-14-26-67/h12,17,19-20,24,29-30,32-33,37,39,44-45,49,52-54,65H,9-11,13-16,18,22,25-28,31,34-35H2,1-8H3/p+1/t39-,44-,45-,49?,52-,53-/m0/s1. The van der Waals surface area contributed by atoms with Gasteiger partial charge in [-0.3, -0.25) is 38.6 Å². The van der Waals surface area contributed by atoms with Gasteiger partial charge in [-0.15, -0.1) is 0 Å². The molecule has 3 saturated heterocycles. The molecule has 1 saturated carbocycles. The highest BCUT2D eigenvalue weighted by Gasteiger charge is 2.52. The van der Waals surface area contributed by atoms with E-state index < -0.39 is 65.3 Å². The number of nitrogens with one attached hydrogen (secondary N) is 2. The number of hydrazine groups is 1. The fraction of sp³-hybridized carbons (Fsp3) is 0.567. The van der Waals surface area contributed by atoms with Crippen LogP contribution in [-0.4, -0.2) is 143 Å². The normalized spacial score (nSPS) is 24.4. The second kappa shape index (κ2) is 21.3. The third-order valence-corrected chi connectivity index (χ3v) is 17.8. The summed E-state index contributed by atoms with van der Waals surface area (Å²) in [7, 11) is 5.15. The van der Waals surface area contributed by atoms with Crippen LogP contribution in [0.25, 0.3) is 33.3 Å². The highest BCUT2D eigenvalue weighted by Crippen LogP contribution is 2.57. The molecule has 17 heteroatoms. The molecule has 2 N–H and O–H groups in total. The quantitative estimate of drug-likeness (QED) is 0.0968. The summed E-state index contributed by atoms with van der Waals surface area (Å²) in [6, 6.07) is 11.5. The van der Waals surface area contributed by atoms with E-state index in [-0.39, 0.29) is 59.8 Å². The van der Waals surface area contributed by atoms with Gasteiger partial charge in [0.1, 0.15) is 18.2 Å². The van der Waals surface area contributed by atoms with Crippen LogP contribution in [-0.2, 0) is 46.4 Å². The minimum atomic E-state index is -2.86. The van der Waals surface area contributed by atoms with Crippen molar-refractivity contribution in [2.75, 3.05) is 60.5 Å². The number of aryl methyl sites for hydroxylation is 1. The molecule has 2 aliphatic carbocycles. The number of amides is 4. The number of halogens is 2. The third-order valence-electron chi connectivity index (χ3n) is 17.8. The molecule has 10 rings (SSSR count). The van der Waals surface area contributed by atoms with E-state index in [2.05, 4.69) is 39.0 Å². The monoisotopic (exact) mass is 1060 g/mol. The minimum absolute atomic E-state index is 0.00311. The number of likely N-dealkylation sites (tertiary alicyclic amines) is 2. The lowest BCUT2D eigenvalue weighted by atomic mass is 9.67. The van der Waals surface area contributed by atoms with Crippen molar-refractivity contribution in [2.24, 2.45) is 17.3 Å². The topological polar surface area (TPSA) is 155 Å². The van der Waals surface area contributed by atoms with Crippen LogP contribution >= 0.6 is 0 Å². The van der Waals surface area contributed by atoms with Crippen molar-refractivity contribution in [3.8, 4) is 34.2 Å². The minimum Gasteiger partial charge on any atom is -0.464 e. The van der Waals surface area contributed by atoms with Gasteiger partial charge in [-0.05, 0) is 118 Å². The molecule has 15 nitrogen and oxygen atoms in total. The Morgan fingerprint density at radius 2 is 1.74 bits per heavy atom. The largest absolute Gasteiger partial charge is 0.464 e. The molecule has 0 radical (unpaired) electrons. The van der Waals surface area contributed by atoms with Gasteiger partial charge in [0, 0.05) is 98.3 Å². The number of fused-ring (bicyclic) bond motifs is 8. The van der Waals surface area contributed by atoms with Crippen LogP contribution in [0.3, 0.4) is 0 Å². The number of hydrogen-bond acceptors (Lipinski definition) is 10. The molecule has 1 unspecified atom stereocenters. The van der Waals surface area contributed by atoms with Gasteiger partial charge in [0.05, 0.1) is 43.5 Å². The fourth-order valence-corrected chi connectivity index (χ4v) is 13.6. The van der Waals surface area contributed by atoms with Gasteiger partial charge in [0.2, 0.25) is 0 Å². The zero-order valence-electron chi connectivity index (χ0n) is 45.9. The maximum Gasteiger partial charge on any atom is 0.324 e. The first-order valence-electron chi connectivity index (χ1n) is 27.8. The smallest absolute Gasteiger partial charge is 0.324 e. The Labute approximate surface area is 450 Å². The molecular weight excluding hydrogens is 983 g/mol. The molecule has 2 aromatic carbocycles. The molecular formula is C60H75F2N8O7+. The van der Waals surface area contributed by atoms with Crippen LogP contribution < -0.4 is 10.7 Å². The lowest BCUT2D eigenvalue weighted by molar-refractivity contribution is -0.836. The molecule has 77 heavy (non-hydrogen) atoms. The van der Waals surface area contributed by atoms with Crippen LogP contribution in [0.1, 0.15) is 127 Å². The Kier molecular flexibility index (Phi) is 15.0. The van der Waals surface area contributed by atoms with E-state index in [9.17, 15) is 14.4 Å². The Balaban J connectivity index is 1.02. The Morgan fingerprint density at radius 1 is 0.974 bits per heavy atom. The van der Waals surface area contributed by atoms with Crippen LogP contribution in [0.4, 0.5) is 8.78 Å². The van der Waals surface area contributed by atoms with Gasteiger partial charge in [-0.1, -0.05) is 50.8 Å². The van der Waals surface area contributed by atoms with E-state index in [4.69, 9.17) is 14.5 Å². The first kappa shape index (κ1) is 54.3. The maximum atomic E-state index is 15.3. The number of benzene rings is 2. The highest BCUT2D eigenvalue weighted by molar-refractivity contribution is 5.97. The van der Waals surface area contributed by atoms with Crippen LogP contribution in [0.15, 0.2) is 54.7 Å². The Morgan fingerprint density at radius 3 is 2.44 bits per heavy atom. The number of nitrogens with zero attached hydrogens (tertiary/aromatic N) is 6. The second-order valence-corrected chi connectivity index (χ2v) is 24.0. The van der Waals surface area contributed by atoms with Crippen molar-refractivity contribution in [1.82, 2.24) is 35.1 Å². The number of aromatic nitrogens is 2. The molecule has 4 aromatic rings. The zero-order valence-corrected chi connectivity index (χ0v) is 45.9. The van der Waals surface area contributed by atoms with Gasteiger partial charge in [-0.25, -0.2) is 19.0 Å². The molecule has 4 amide bonds. The number of methoxy groups -OCH3 is 1. The van der Waals surface area contributed by atoms with Gasteiger partial charge < -0.3 is 24.3 Å². The molecule has 0 spiro atoms. The van der Waals surface area contributed by atoms with E-state index in [0.29, 0.717) is 61.9 Å². The number of esters is 1. The van der Waals surface area contributed by atoms with Gasteiger partial charge >= 0.3 is 11.9 Å². The predicted molar refractivity (Wildman–Crippen MR) is 288 cm³/mol. The molecule has 4 fully saturated rings. The second-order valence-electron chi connectivity index (χ2n) is 24.0. The summed E-state index contributed by atoms with van der Waals surface area (Å²) >= 11 is 0. The average molecular weight is 1060 g/mol.